The Kier molecular flexibility index (Phi) is 5.49. The molecular weight excluding hydrogens is 344 g/mol. The van der Waals surface area contributed by atoms with Crippen LogP contribution < -0.4 is 0 Å². The van der Waals surface area contributed by atoms with Crippen LogP contribution in [0, 0.1) is 0 Å². The molecule has 0 saturated heterocycles. The molecule has 27 heavy (non-hydrogen) atoms. The summed E-state index contributed by atoms with van der Waals surface area (Å²) >= 11 is 0. The molecule has 3 rings (SSSR count). The molecule has 150 valence electrons. The van der Waals surface area contributed by atoms with Gasteiger partial charge in [0.15, 0.2) is 5.69 Å². The minimum Gasteiger partial charge on any atom is -0.444 e. The smallest absolute Gasteiger partial charge is 0.410 e. The summed E-state index contributed by atoms with van der Waals surface area (Å²) in [7, 11) is 3.74. The van der Waals surface area contributed by atoms with Crippen LogP contribution in [0.15, 0.2) is 0 Å². The summed E-state index contributed by atoms with van der Waals surface area (Å²) in [5.74, 6) is 0.00414. The third-order valence-electron chi connectivity index (χ3n) is 5.54. The van der Waals surface area contributed by atoms with Crippen molar-refractivity contribution in [1.82, 2.24) is 19.6 Å². The van der Waals surface area contributed by atoms with Crippen molar-refractivity contribution in [2.24, 2.45) is 7.05 Å². The topological polar surface area (TPSA) is 67.7 Å². The van der Waals surface area contributed by atoms with Crippen LogP contribution in [0.25, 0.3) is 0 Å². The monoisotopic (exact) mass is 376 g/mol. The van der Waals surface area contributed by atoms with Gasteiger partial charge in [0.1, 0.15) is 5.60 Å². The molecule has 7 nitrogen and oxygen atoms in total. The molecule has 1 aromatic rings. The molecule has 0 spiro atoms. The molecule has 1 fully saturated rings. The van der Waals surface area contributed by atoms with Gasteiger partial charge in [-0.05, 0) is 40.0 Å². The Morgan fingerprint density at radius 1 is 1.19 bits per heavy atom. The van der Waals surface area contributed by atoms with Gasteiger partial charge in [0, 0.05) is 32.2 Å². The number of fused-ring (bicyclic) bond motifs is 1. The zero-order valence-corrected chi connectivity index (χ0v) is 17.2. The number of carbonyl (C=O) groups excluding carboxylic acids is 2. The van der Waals surface area contributed by atoms with Crippen molar-refractivity contribution in [2.45, 2.75) is 77.5 Å². The predicted molar refractivity (Wildman–Crippen MR) is 103 cm³/mol. The summed E-state index contributed by atoms with van der Waals surface area (Å²) in [6, 6.07) is 0.311. The minimum absolute atomic E-state index is 0.00414. The van der Waals surface area contributed by atoms with Gasteiger partial charge in [-0.3, -0.25) is 9.48 Å². The Morgan fingerprint density at radius 2 is 1.85 bits per heavy atom. The maximum atomic E-state index is 13.1. The van der Waals surface area contributed by atoms with E-state index in [1.54, 1.807) is 9.58 Å². The zero-order valence-electron chi connectivity index (χ0n) is 17.2. The van der Waals surface area contributed by atoms with Crippen molar-refractivity contribution in [3.63, 3.8) is 0 Å². The van der Waals surface area contributed by atoms with E-state index in [0.717, 1.165) is 24.1 Å². The van der Waals surface area contributed by atoms with E-state index in [9.17, 15) is 9.59 Å². The quantitative estimate of drug-likeness (QED) is 0.795. The molecule has 1 aromatic heterocycles. The Hall–Kier alpha value is -2.05. The van der Waals surface area contributed by atoms with Crippen molar-refractivity contribution >= 4 is 12.0 Å². The van der Waals surface area contributed by atoms with Gasteiger partial charge >= 0.3 is 6.09 Å². The minimum atomic E-state index is -0.520. The molecule has 1 aliphatic carbocycles. The number of hydrogen-bond donors (Lipinski definition) is 0. The third-order valence-corrected chi connectivity index (χ3v) is 5.54. The van der Waals surface area contributed by atoms with Gasteiger partial charge in [-0.25, -0.2) is 4.79 Å². The predicted octanol–water partition coefficient (Wildman–Crippen LogP) is 3.12. The van der Waals surface area contributed by atoms with Crippen LogP contribution in [0.3, 0.4) is 0 Å². The number of ether oxygens (including phenoxy) is 1. The first-order valence-corrected chi connectivity index (χ1v) is 9.97. The van der Waals surface area contributed by atoms with Crippen LogP contribution in [-0.2, 0) is 24.8 Å². The second-order valence-corrected chi connectivity index (χ2v) is 8.76. The number of carbonyl (C=O) groups is 2. The van der Waals surface area contributed by atoms with E-state index in [-0.39, 0.29) is 12.0 Å². The fraction of sp³-hybridized carbons (Fsp3) is 0.750. The lowest BCUT2D eigenvalue weighted by Crippen LogP contribution is -2.41. The van der Waals surface area contributed by atoms with E-state index in [1.807, 2.05) is 39.8 Å². The van der Waals surface area contributed by atoms with E-state index in [4.69, 9.17) is 4.74 Å². The number of aromatic nitrogens is 2. The van der Waals surface area contributed by atoms with Gasteiger partial charge in [0.2, 0.25) is 0 Å². The lowest BCUT2D eigenvalue weighted by molar-refractivity contribution is 0.0219. The first kappa shape index (κ1) is 19.7. The number of hydrogen-bond acceptors (Lipinski definition) is 4. The highest BCUT2D eigenvalue weighted by Crippen LogP contribution is 2.27. The van der Waals surface area contributed by atoms with Crippen LogP contribution in [0.1, 0.15) is 74.6 Å². The number of amides is 2. The number of rotatable bonds is 2. The molecular formula is C20H32N4O3. The SMILES string of the molecule is CN(C(=O)c1nn(C)c2c1CCN(C(=O)OC(C)(C)C)C2)C1CCCCC1. The van der Waals surface area contributed by atoms with Crippen LogP contribution in [-0.4, -0.2) is 56.8 Å². The summed E-state index contributed by atoms with van der Waals surface area (Å²) in [4.78, 5) is 29.0. The first-order valence-electron chi connectivity index (χ1n) is 9.97. The zero-order chi connectivity index (χ0) is 19.8. The lowest BCUT2D eigenvalue weighted by Gasteiger charge is -2.32. The molecule has 2 heterocycles. The summed E-state index contributed by atoms with van der Waals surface area (Å²) in [6.07, 6.45) is 6.09. The van der Waals surface area contributed by atoms with Gasteiger partial charge in [-0.2, -0.15) is 5.10 Å². The molecule has 0 aromatic carbocycles. The molecule has 1 aliphatic heterocycles. The van der Waals surface area contributed by atoms with E-state index >= 15 is 0 Å². The number of nitrogens with zero attached hydrogens (tertiary/aromatic N) is 4. The molecule has 2 amide bonds. The normalized spacial score (nSPS) is 18.2. The highest BCUT2D eigenvalue weighted by Gasteiger charge is 2.33. The Morgan fingerprint density at radius 3 is 2.48 bits per heavy atom. The fourth-order valence-corrected chi connectivity index (χ4v) is 4.03. The van der Waals surface area contributed by atoms with Crippen molar-refractivity contribution in [2.75, 3.05) is 13.6 Å². The van der Waals surface area contributed by atoms with Gasteiger partial charge in [-0.15, -0.1) is 0 Å². The van der Waals surface area contributed by atoms with Crippen molar-refractivity contribution < 1.29 is 14.3 Å². The standard InChI is InChI=1S/C20H32N4O3/c1-20(2,3)27-19(26)24-12-11-15-16(13-24)23(5)21-17(15)18(25)22(4)14-9-7-6-8-10-14/h14H,6-13H2,1-5H3. The summed E-state index contributed by atoms with van der Waals surface area (Å²) in [5, 5.41) is 4.52. The average Bonchev–Trinajstić information content (AvgIpc) is 2.96. The third kappa shape index (κ3) is 4.28. The van der Waals surface area contributed by atoms with Crippen molar-refractivity contribution in [3.8, 4) is 0 Å². The van der Waals surface area contributed by atoms with E-state index in [0.29, 0.717) is 31.2 Å². The van der Waals surface area contributed by atoms with Crippen molar-refractivity contribution in [3.05, 3.63) is 17.0 Å². The summed E-state index contributed by atoms with van der Waals surface area (Å²) in [5.41, 5.74) is 1.93. The van der Waals surface area contributed by atoms with Crippen LogP contribution in [0.2, 0.25) is 0 Å². The van der Waals surface area contributed by atoms with Crippen LogP contribution in [0.4, 0.5) is 4.79 Å². The average molecular weight is 377 g/mol. The van der Waals surface area contributed by atoms with Gasteiger partial charge in [-0.1, -0.05) is 19.3 Å². The van der Waals surface area contributed by atoms with Gasteiger partial charge in [0.05, 0.1) is 12.2 Å². The fourth-order valence-electron chi connectivity index (χ4n) is 4.03. The molecule has 0 unspecified atom stereocenters. The Bertz CT molecular complexity index is 714. The molecule has 7 heteroatoms. The Labute approximate surface area is 161 Å². The van der Waals surface area contributed by atoms with Crippen LogP contribution in [0.5, 0.6) is 0 Å². The van der Waals surface area contributed by atoms with Crippen molar-refractivity contribution in [1.29, 1.82) is 0 Å². The second kappa shape index (κ2) is 7.52. The summed E-state index contributed by atoms with van der Waals surface area (Å²) in [6.45, 7) is 6.56. The van der Waals surface area contributed by atoms with E-state index < -0.39 is 5.60 Å². The maximum Gasteiger partial charge on any atom is 0.410 e. The summed E-state index contributed by atoms with van der Waals surface area (Å²) < 4.78 is 7.23. The van der Waals surface area contributed by atoms with Gasteiger partial charge < -0.3 is 14.5 Å². The molecule has 0 bridgehead atoms. The number of aryl methyl sites for hydroxylation is 1. The molecule has 1 saturated carbocycles. The lowest BCUT2D eigenvalue weighted by atomic mass is 9.94. The Balaban J connectivity index is 1.75. The molecule has 0 radical (unpaired) electrons. The van der Waals surface area contributed by atoms with Gasteiger partial charge in [0.25, 0.3) is 5.91 Å². The molecule has 2 aliphatic rings. The first-order chi connectivity index (χ1) is 12.7. The largest absolute Gasteiger partial charge is 0.444 e. The van der Waals surface area contributed by atoms with E-state index in [1.165, 1.54) is 19.3 Å². The van der Waals surface area contributed by atoms with Crippen LogP contribution >= 0.6 is 0 Å². The highest BCUT2D eigenvalue weighted by atomic mass is 16.6. The van der Waals surface area contributed by atoms with E-state index in [2.05, 4.69) is 5.10 Å². The molecule has 0 atom stereocenters. The maximum absolute atomic E-state index is 13.1. The molecule has 0 N–H and O–H groups in total. The highest BCUT2D eigenvalue weighted by molar-refractivity contribution is 5.94. The second-order valence-electron chi connectivity index (χ2n) is 8.76.